The highest BCUT2D eigenvalue weighted by atomic mass is 32.2. The summed E-state index contributed by atoms with van der Waals surface area (Å²) in [5.41, 5.74) is 3.96. The number of thioether (sulfide) groups is 1. The molecule has 0 amide bonds. The van der Waals surface area contributed by atoms with Crippen LogP contribution in [0, 0.1) is 0 Å². The molecular formula is C21H30O6P2S2. The molecule has 10 heteroatoms. The van der Waals surface area contributed by atoms with Gasteiger partial charge in [-0.05, 0) is 60.1 Å². The van der Waals surface area contributed by atoms with Crippen molar-refractivity contribution in [2.45, 2.75) is 72.8 Å². The highest BCUT2D eigenvalue weighted by Gasteiger charge is 2.45. The minimum absolute atomic E-state index is 0.597. The van der Waals surface area contributed by atoms with Crippen molar-refractivity contribution in [1.82, 2.24) is 0 Å². The highest BCUT2D eigenvalue weighted by Crippen LogP contribution is 2.66. The van der Waals surface area contributed by atoms with Gasteiger partial charge in [0.05, 0.1) is 0 Å². The molecule has 0 aliphatic rings. The SMILES string of the molecule is CCc1c(CC)c(SC(P(=O)(O)O)P(=O)(O)O)c(CC)c(CC)c1Sc1ccccc1. The molecule has 2 rings (SSSR count). The fourth-order valence-corrected chi connectivity index (χ4v) is 9.36. The quantitative estimate of drug-likeness (QED) is 0.236. The predicted octanol–water partition coefficient (Wildman–Crippen LogP) is 5.82. The molecule has 31 heavy (non-hydrogen) atoms. The van der Waals surface area contributed by atoms with Crippen LogP contribution >= 0.6 is 38.7 Å². The van der Waals surface area contributed by atoms with Crippen molar-refractivity contribution in [1.29, 1.82) is 0 Å². The largest absolute Gasteiger partial charge is 0.351 e. The van der Waals surface area contributed by atoms with Gasteiger partial charge in [0.25, 0.3) is 0 Å². The van der Waals surface area contributed by atoms with Crippen LogP contribution < -0.4 is 0 Å². The van der Waals surface area contributed by atoms with Gasteiger partial charge in [-0.3, -0.25) is 9.13 Å². The molecule has 0 bridgehead atoms. The summed E-state index contributed by atoms with van der Waals surface area (Å²) in [6, 6.07) is 10.0. The van der Waals surface area contributed by atoms with Gasteiger partial charge in [0.15, 0.2) is 0 Å². The Morgan fingerprint density at radius 1 is 0.710 bits per heavy atom. The van der Waals surface area contributed by atoms with E-state index in [9.17, 15) is 28.7 Å². The first kappa shape index (κ1) is 26.7. The van der Waals surface area contributed by atoms with Crippen LogP contribution in [0.5, 0.6) is 0 Å². The van der Waals surface area contributed by atoms with Crippen molar-refractivity contribution in [3.05, 3.63) is 52.6 Å². The van der Waals surface area contributed by atoms with E-state index in [1.54, 1.807) is 11.8 Å². The second kappa shape index (κ2) is 11.0. The van der Waals surface area contributed by atoms with Gasteiger partial charge in [-0.25, -0.2) is 0 Å². The average molecular weight is 505 g/mol. The van der Waals surface area contributed by atoms with Crippen molar-refractivity contribution in [3.8, 4) is 0 Å². The minimum Gasteiger partial charge on any atom is -0.323 e. The van der Waals surface area contributed by atoms with Crippen molar-refractivity contribution in [2.75, 3.05) is 0 Å². The number of rotatable bonds is 10. The van der Waals surface area contributed by atoms with Gasteiger partial charge in [-0.1, -0.05) is 69.4 Å². The smallest absolute Gasteiger partial charge is 0.323 e. The fourth-order valence-electron chi connectivity index (χ4n) is 3.72. The van der Waals surface area contributed by atoms with Crippen molar-refractivity contribution in [3.63, 3.8) is 0 Å². The third kappa shape index (κ3) is 6.27. The third-order valence-electron chi connectivity index (χ3n) is 5.00. The molecule has 0 aliphatic heterocycles. The number of hydrogen-bond acceptors (Lipinski definition) is 4. The summed E-state index contributed by atoms with van der Waals surface area (Å²) in [5, 5.41) is 0. The fraction of sp³-hybridized carbons (Fsp3) is 0.429. The second-order valence-electron chi connectivity index (χ2n) is 7.02. The lowest BCUT2D eigenvalue weighted by Gasteiger charge is -2.27. The molecule has 0 saturated heterocycles. The average Bonchev–Trinajstić information content (AvgIpc) is 2.70. The van der Waals surface area contributed by atoms with Crippen LogP contribution in [0.2, 0.25) is 0 Å². The zero-order valence-corrected chi connectivity index (χ0v) is 21.5. The lowest BCUT2D eigenvalue weighted by Crippen LogP contribution is -2.11. The first-order chi connectivity index (χ1) is 14.5. The first-order valence-electron chi connectivity index (χ1n) is 10.2. The van der Waals surface area contributed by atoms with E-state index < -0.39 is 19.9 Å². The van der Waals surface area contributed by atoms with Crippen molar-refractivity contribution in [2.24, 2.45) is 0 Å². The Hall–Kier alpha value is -0.560. The Labute approximate surface area is 192 Å². The summed E-state index contributed by atoms with van der Waals surface area (Å²) in [5.74, 6) is 0. The van der Waals surface area contributed by atoms with Gasteiger partial charge in [-0.15, -0.1) is 0 Å². The molecule has 172 valence electrons. The number of hydrogen-bond donors (Lipinski definition) is 4. The minimum atomic E-state index is -5.04. The van der Waals surface area contributed by atoms with Crippen LogP contribution in [0.1, 0.15) is 49.9 Å². The van der Waals surface area contributed by atoms with E-state index in [-0.39, 0.29) is 0 Å². The van der Waals surface area contributed by atoms with Gasteiger partial charge in [0, 0.05) is 14.7 Å². The monoisotopic (exact) mass is 504 g/mol. The molecular weight excluding hydrogens is 474 g/mol. The van der Waals surface area contributed by atoms with Gasteiger partial charge in [0.1, 0.15) is 0 Å². The second-order valence-corrected chi connectivity index (χ2v) is 13.7. The molecule has 0 spiro atoms. The third-order valence-corrected chi connectivity index (χ3v) is 12.4. The van der Waals surface area contributed by atoms with Gasteiger partial charge >= 0.3 is 15.2 Å². The maximum Gasteiger partial charge on any atom is 0.351 e. The van der Waals surface area contributed by atoms with E-state index >= 15 is 0 Å². The Balaban J connectivity index is 2.80. The Bertz CT molecular complexity index is 946. The summed E-state index contributed by atoms with van der Waals surface area (Å²) in [6.45, 7) is 7.99. The highest BCUT2D eigenvalue weighted by molar-refractivity contribution is 8.12. The van der Waals surface area contributed by atoms with E-state index in [4.69, 9.17) is 0 Å². The Kier molecular flexibility index (Phi) is 9.51. The molecule has 0 saturated carbocycles. The Morgan fingerprint density at radius 2 is 1.10 bits per heavy atom. The maximum absolute atomic E-state index is 12.0. The van der Waals surface area contributed by atoms with Crippen LogP contribution in [0.3, 0.4) is 0 Å². The molecule has 0 unspecified atom stereocenters. The molecule has 6 nitrogen and oxygen atoms in total. The molecule has 2 aromatic rings. The molecule has 0 heterocycles. The van der Waals surface area contributed by atoms with Crippen LogP contribution in [-0.2, 0) is 34.8 Å². The van der Waals surface area contributed by atoms with Crippen LogP contribution in [0.25, 0.3) is 0 Å². The van der Waals surface area contributed by atoms with Gasteiger partial charge in [-0.2, -0.15) is 0 Å². The van der Waals surface area contributed by atoms with E-state index in [0.717, 1.165) is 32.0 Å². The van der Waals surface area contributed by atoms with E-state index in [2.05, 4.69) is 0 Å². The molecule has 4 N–H and O–H groups in total. The topological polar surface area (TPSA) is 115 Å². The Morgan fingerprint density at radius 3 is 1.45 bits per heavy atom. The van der Waals surface area contributed by atoms with E-state index in [0.29, 0.717) is 42.3 Å². The zero-order valence-electron chi connectivity index (χ0n) is 18.1. The maximum atomic E-state index is 12.0. The number of benzene rings is 2. The predicted molar refractivity (Wildman–Crippen MR) is 128 cm³/mol. The van der Waals surface area contributed by atoms with Crippen molar-refractivity contribution >= 4 is 38.7 Å². The van der Waals surface area contributed by atoms with E-state index in [1.165, 1.54) is 0 Å². The van der Waals surface area contributed by atoms with Gasteiger partial charge in [0.2, 0.25) is 4.73 Å². The summed E-state index contributed by atoms with van der Waals surface area (Å²) in [6.07, 6.45) is 2.61. The summed E-state index contributed by atoms with van der Waals surface area (Å²) >= 11 is 2.31. The van der Waals surface area contributed by atoms with Gasteiger partial charge < -0.3 is 19.6 Å². The lowest BCUT2D eigenvalue weighted by atomic mass is 9.92. The summed E-state index contributed by atoms with van der Waals surface area (Å²) < 4.78 is 21.8. The molecule has 0 atom stereocenters. The van der Waals surface area contributed by atoms with E-state index in [1.807, 2.05) is 58.0 Å². The summed E-state index contributed by atoms with van der Waals surface area (Å²) in [7, 11) is -10.1. The lowest BCUT2D eigenvalue weighted by molar-refractivity contribution is 0.352. The van der Waals surface area contributed by atoms with Crippen LogP contribution in [0.4, 0.5) is 0 Å². The molecule has 0 radical (unpaired) electrons. The molecule has 0 fully saturated rings. The van der Waals surface area contributed by atoms with Crippen molar-refractivity contribution < 1.29 is 28.7 Å². The normalized spacial score (nSPS) is 12.5. The molecule has 2 aromatic carbocycles. The molecule has 0 aromatic heterocycles. The zero-order chi connectivity index (χ0) is 23.4. The van der Waals surface area contributed by atoms with Crippen LogP contribution in [0.15, 0.2) is 45.0 Å². The summed E-state index contributed by atoms with van der Waals surface area (Å²) in [4.78, 5) is 41.6. The first-order valence-corrected chi connectivity index (χ1v) is 15.2. The standard InChI is InChI=1S/C21H30O6P2S2/c1-5-15-17(7-3)20(31-21(28(22,23)24)29(25,26)27)18(8-4)16(6-2)19(15)30-14-12-10-9-11-13-14/h9-13,21H,5-8H2,1-4H3,(H2,22,23,24)(H2,25,26,27). The molecule has 0 aliphatic carbocycles. The van der Waals surface area contributed by atoms with Crippen LogP contribution in [-0.4, -0.2) is 24.3 Å².